The minimum absolute atomic E-state index is 0.0122. The molecule has 2 atom stereocenters. The average Bonchev–Trinajstić information content (AvgIpc) is 3.25. The summed E-state index contributed by atoms with van der Waals surface area (Å²) in [6, 6.07) is 20.2. The summed E-state index contributed by atoms with van der Waals surface area (Å²) in [5.74, 6) is 1.97. The van der Waals surface area contributed by atoms with E-state index in [9.17, 15) is 0 Å². The van der Waals surface area contributed by atoms with Gasteiger partial charge in [-0.05, 0) is 53.4 Å². The second-order valence-electron chi connectivity index (χ2n) is 8.47. The highest BCUT2D eigenvalue weighted by atomic mass is 35.5. The van der Waals surface area contributed by atoms with Crippen LogP contribution in [0.1, 0.15) is 60.7 Å². The Labute approximate surface area is 198 Å². The highest BCUT2D eigenvalue weighted by Gasteiger charge is 2.42. The lowest BCUT2D eigenvalue weighted by molar-refractivity contribution is -0.0189. The predicted octanol–water partition coefficient (Wildman–Crippen LogP) is 7.37. The van der Waals surface area contributed by atoms with Crippen LogP contribution in [-0.4, -0.2) is 17.8 Å². The molecule has 0 bridgehead atoms. The van der Waals surface area contributed by atoms with Crippen LogP contribution in [0.15, 0.2) is 65.8 Å². The third-order valence-corrected chi connectivity index (χ3v) is 6.62. The first-order chi connectivity index (χ1) is 15.4. The maximum Gasteiger partial charge on any atom is 0.213 e. The molecule has 6 heteroatoms. The number of ether oxygens (including phenoxy) is 2. The Morgan fingerprint density at radius 3 is 2.41 bits per heavy atom. The van der Waals surface area contributed by atoms with Crippen LogP contribution < -0.4 is 9.47 Å². The van der Waals surface area contributed by atoms with Gasteiger partial charge in [0.1, 0.15) is 11.5 Å². The Morgan fingerprint density at radius 1 is 1.03 bits per heavy atom. The minimum Gasteiger partial charge on any atom is -0.497 e. The Morgan fingerprint density at radius 2 is 1.75 bits per heavy atom. The van der Waals surface area contributed by atoms with Crippen LogP contribution in [0, 0.1) is 0 Å². The van der Waals surface area contributed by atoms with Gasteiger partial charge in [0.05, 0.1) is 23.9 Å². The summed E-state index contributed by atoms with van der Waals surface area (Å²) in [6.07, 6.45) is 0.364. The number of methoxy groups -OCH3 is 1. The molecule has 2 heterocycles. The van der Waals surface area contributed by atoms with Gasteiger partial charge in [0, 0.05) is 22.6 Å². The zero-order chi connectivity index (χ0) is 22.4. The summed E-state index contributed by atoms with van der Waals surface area (Å²) in [7, 11) is 1.67. The van der Waals surface area contributed by atoms with Crippen molar-refractivity contribution < 1.29 is 9.47 Å². The van der Waals surface area contributed by atoms with Gasteiger partial charge >= 0.3 is 0 Å². The Hall–Kier alpha value is -2.69. The largest absolute Gasteiger partial charge is 0.497 e. The van der Waals surface area contributed by atoms with Crippen molar-refractivity contribution in [1.82, 2.24) is 5.01 Å². The first-order valence-electron chi connectivity index (χ1n) is 10.7. The van der Waals surface area contributed by atoms with Gasteiger partial charge in [0.15, 0.2) is 0 Å². The summed E-state index contributed by atoms with van der Waals surface area (Å²) in [5.41, 5.74) is 5.34. The van der Waals surface area contributed by atoms with Crippen molar-refractivity contribution >= 4 is 28.9 Å². The Bertz CT molecular complexity index is 1170. The fourth-order valence-corrected chi connectivity index (χ4v) is 4.89. The average molecular weight is 467 g/mol. The fourth-order valence-electron chi connectivity index (χ4n) is 4.34. The lowest BCUT2D eigenvalue weighted by Crippen LogP contribution is -2.33. The van der Waals surface area contributed by atoms with E-state index in [-0.39, 0.29) is 12.3 Å². The highest BCUT2D eigenvalue weighted by Crippen LogP contribution is 2.50. The molecule has 0 spiro atoms. The molecule has 2 aliphatic rings. The van der Waals surface area contributed by atoms with Crippen LogP contribution in [0.4, 0.5) is 0 Å². The van der Waals surface area contributed by atoms with Gasteiger partial charge in [-0.15, -0.1) is 0 Å². The zero-order valence-corrected chi connectivity index (χ0v) is 19.7. The van der Waals surface area contributed by atoms with Crippen molar-refractivity contribution in [2.24, 2.45) is 5.10 Å². The van der Waals surface area contributed by atoms with E-state index in [4.69, 9.17) is 37.8 Å². The molecule has 2 aliphatic heterocycles. The first-order valence-corrected chi connectivity index (χ1v) is 11.5. The predicted molar refractivity (Wildman–Crippen MR) is 129 cm³/mol. The quantitative estimate of drug-likeness (QED) is 0.402. The molecule has 32 heavy (non-hydrogen) atoms. The van der Waals surface area contributed by atoms with Crippen molar-refractivity contribution in [1.29, 1.82) is 0 Å². The summed E-state index contributed by atoms with van der Waals surface area (Å²) < 4.78 is 11.7. The minimum atomic E-state index is -0.372. The lowest BCUT2D eigenvalue weighted by Gasteiger charge is -2.38. The van der Waals surface area contributed by atoms with E-state index in [0.29, 0.717) is 21.7 Å². The third kappa shape index (κ3) is 3.72. The SMILES string of the molecule is COc1ccc(C2=NN3[C@@H](c4ccc(C(C)C)cc4)Oc4c(Cl)cc(Cl)cc4[C@@H]3C2)cc1. The van der Waals surface area contributed by atoms with Gasteiger partial charge in [-0.2, -0.15) is 5.10 Å². The molecule has 3 aromatic rings. The van der Waals surface area contributed by atoms with Crippen molar-refractivity contribution in [3.05, 3.63) is 93.0 Å². The molecule has 5 rings (SSSR count). The van der Waals surface area contributed by atoms with Crippen molar-refractivity contribution in [3.63, 3.8) is 0 Å². The van der Waals surface area contributed by atoms with Gasteiger partial charge in [0.25, 0.3) is 0 Å². The van der Waals surface area contributed by atoms with E-state index in [2.05, 4.69) is 38.1 Å². The normalized spacial score (nSPS) is 19.3. The van der Waals surface area contributed by atoms with Crippen molar-refractivity contribution in [2.75, 3.05) is 7.11 Å². The molecular weight excluding hydrogens is 443 g/mol. The van der Waals surface area contributed by atoms with E-state index in [1.165, 1.54) is 5.56 Å². The third-order valence-electron chi connectivity index (χ3n) is 6.12. The molecule has 0 aliphatic carbocycles. The number of halogens is 2. The fraction of sp³-hybridized carbons (Fsp3) is 0.269. The van der Waals surface area contributed by atoms with Crippen LogP contribution in [0.25, 0.3) is 0 Å². The molecular formula is C26H24Cl2N2O2. The van der Waals surface area contributed by atoms with Gasteiger partial charge < -0.3 is 9.47 Å². The molecule has 0 unspecified atom stereocenters. The standard InChI is InChI=1S/C26H24Cl2N2O2/c1-15(2)16-4-6-18(7-5-16)26-30-24(21-12-19(27)13-22(28)25(21)32-26)14-23(29-30)17-8-10-20(31-3)11-9-17/h4-13,15,24,26H,14H2,1-3H3/t24-,26+/m0/s1. The monoisotopic (exact) mass is 466 g/mol. The number of benzene rings is 3. The number of hydrogen-bond donors (Lipinski definition) is 0. The summed E-state index contributed by atoms with van der Waals surface area (Å²) in [5, 5.41) is 8.16. The van der Waals surface area contributed by atoms with Crippen LogP contribution in [0.5, 0.6) is 11.5 Å². The number of rotatable bonds is 4. The molecule has 4 nitrogen and oxygen atoms in total. The number of nitrogens with zero attached hydrogens (tertiary/aromatic N) is 2. The second kappa shape index (κ2) is 8.34. The smallest absolute Gasteiger partial charge is 0.213 e. The lowest BCUT2D eigenvalue weighted by atomic mass is 9.95. The number of hydrogen-bond acceptors (Lipinski definition) is 4. The van der Waals surface area contributed by atoms with Crippen molar-refractivity contribution in [3.8, 4) is 11.5 Å². The van der Waals surface area contributed by atoms with E-state index in [1.807, 2.05) is 35.3 Å². The number of fused-ring (bicyclic) bond motifs is 3. The molecule has 0 saturated heterocycles. The van der Waals surface area contributed by atoms with Crippen LogP contribution in [0.2, 0.25) is 10.0 Å². The second-order valence-corrected chi connectivity index (χ2v) is 9.32. The molecule has 0 radical (unpaired) electrons. The molecule has 0 fully saturated rings. The highest BCUT2D eigenvalue weighted by molar-refractivity contribution is 6.35. The maximum absolute atomic E-state index is 6.56. The number of hydrazone groups is 1. The van der Waals surface area contributed by atoms with Crippen LogP contribution >= 0.6 is 23.2 Å². The molecule has 0 aromatic heterocycles. The van der Waals surface area contributed by atoms with Crippen molar-refractivity contribution in [2.45, 2.75) is 38.5 Å². The summed E-state index contributed by atoms with van der Waals surface area (Å²) in [4.78, 5) is 0. The van der Waals surface area contributed by atoms with E-state index >= 15 is 0 Å². The van der Waals surface area contributed by atoms with Gasteiger partial charge in [0.2, 0.25) is 6.23 Å². The summed E-state index contributed by atoms with van der Waals surface area (Å²) in [6.45, 7) is 4.38. The Kier molecular flexibility index (Phi) is 5.52. The van der Waals surface area contributed by atoms with E-state index in [1.54, 1.807) is 13.2 Å². The molecule has 3 aromatic carbocycles. The molecule has 164 valence electrons. The van der Waals surface area contributed by atoms with Gasteiger partial charge in [-0.25, -0.2) is 5.01 Å². The first kappa shape index (κ1) is 21.2. The van der Waals surface area contributed by atoms with Crippen LogP contribution in [0.3, 0.4) is 0 Å². The molecule has 0 amide bonds. The molecule has 0 N–H and O–H groups in total. The van der Waals surface area contributed by atoms with Crippen LogP contribution in [-0.2, 0) is 0 Å². The zero-order valence-electron chi connectivity index (χ0n) is 18.2. The van der Waals surface area contributed by atoms with E-state index < -0.39 is 0 Å². The van der Waals surface area contributed by atoms with E-state index in [0.717, 1.165) is 34.6 Å². The summed E-state index contributed by atoms with van der Waals surface area (Å²) >= 11 is 12.9. The Balaban J connectivity index is 1.57. The van der Waals surface area contributed by atoms with Gasteiger partial charge in [-0.1, -0.05) is 61.3 Å². The maximum atomic E-state index is 6.56. The molecule has 0 saturated carbocycles. The van der Waals surface area contributed by atoms with Gasteiger partial charge in [-0.3, -0.25) is 0 Å². The topological polar surface area (TPSA) is 34.1 Å².